The third-order valence-electron chi connectivity index (χ3n) is 2.11. The first-order valence-corrected chi connectivity index (χ1v) is 5.72. The third-order valence-corrected chi connectivity index (χ3v) is 2.11. The predicted octanol–water partition coefficient (Wildman–Crippen LogP) is 0.995. The number of rotatable bonds is 5. The molecule has 0 aliphatic carbocycles. The summed E-state index contributed by atoms with van der Waals surface area (Å²) in [4.78, 5) is 31.6. The molecule has 6 nitrogen and oxygen atoms in total. The van der Waals surface area contributed by atoms with Crippen molar-refractivity contribution in [3.8, 4) is 0 Å². The van der Waals surface area contributed by atoms with Crippen LogP contribution in [0, 0.1) is 6.92 Å². The second-order valence-corrected chi connectivity index (χ2v) is 3.52. The van der Waals surface area contributed by atoms with Crippen LogP contribution in [0.4, 0.5) is 0 Å². The maximum Gasteiger partial charge on any atom is 0.326 e. The van der Waals surface area contributed by atoms with Gasteiger partial charge in [0.25, 0.3) is 0 Å². The Morgan fingerprint density at radius 1 is 1.17 bits per heavy atom. The molecule has 0 amide bonds. The van der Waals surface area contributed by atoms with Crippen molar-refractivity contribution in [3.63, 3.8) is 0 Å². The van der Waals surface area contributed by atoms with Gasteiger partial charge in [-0.25, -0.2) is 0 Å². The van der Waals surface area contributed by atoms with Crippen LogP contribution in [0.2, 0.25) is 0 Å². The minimum Gasteiger partial charge on any atom is -0.465 e. The Kier molecular flexibility index (Phi) is 5.23. The standard InChI is InChI=1S/C12H16N2O4/c1-4-17-11(15)10(12(16)18-5-2)9-7-13-6-8(3)14-9/h6-7,10H,4-5H2,1-3H3. The SMILES string of the molecule is CCOC(=O)C(C(=O)OCC)c1cncc(C)n1. The van der Waals surface area contributed by atoms with Crippen molar-refractivity contribution >= 4 is 11.9 Å². The van der Waals surface area contributed by atoms with Gasteiger partial charge in [0.15, 0.2) is 5.92 Å². The number of hydrogen-bond donors (Lipinski definition) is 0. The highest BCUT2D eigenvalue weighted by molar-refractivity contribution is 6.00. The first kappa shape index (κ1) is 14.1. The second-order valence-electron chi connectivity index (χ2n) is 3.52. The normalized spacial score (nSPS) is 10.2. The van der Waals surface area contributed by atoms with Gasteiger partial charge in [-0.15, -0.1) is 0 Å². The molecule has 98 valence electrons. The summed E-state index contributed by atoms with van der Waals surface area (Å²) in [6.07, 6.45) is 2.91. The zero-order valence-electron chi connectivity index (χ0n) is 10.7. The molecule has 0 atom stereocenters. The van der Waals surface area contributed by atoms with E-state index in [9.17, 15) is 9.59 Å². The van der Waals surface area contributed by atoms with E-state index in [0.29, 0.717) is 5.69 Å². The van der Waals surface area contributed by atoms with Crippen molar-refractivity contribution in [1.82, 2.24) is 9.97 Å². The van der Waals surface area contributed by atoms with Crippen molar-refractivity contribution < 1.29 is 19.1 Å². The molecule has 18 heavy (non-hydrogen) atoms. The van der Waals surface area contributed by atoms with Crippen molar-refractivity contribution in [2.45, 2.75) is 26.7 Å². The maximum absolute atomic E-state index is 11.8. The number of carbonyl (C=O) groups is 2. The zero-order valence-corrected chi connectivity index (χ0v) is 10.7. The summed E-state index contributed by atoms with van der Waals surface area (Å²) in [5.74, 6) is -2.51. The Labute approximate surface area is 105 Å². The van der Waals surface area contributed by atoms with E-state index in [1.54, 1.807) is 20.8 Å². The minimum atomic E-state index is -1.17. The van der Waals surface area contributed by atoms with Crippen molar-refractivity contribution in [2.24, 2.45) is 0 Å². The number of aryl methyl sites for hydroxylation is 1. The molecule has 0 aliphatic heterocycles. The minimum absolute atomic E-state index is 0.188. The van der Waals surface area contributed by atoms with Gasteiger partial charge < -0.3 is 9.47 Å². The Morgan fingerprint density at radius 2 is 1.72 bits per heavy atom. The van der Waals surface area contributed by atoms with E-state index in [1.165, 1.54) is 12.4 Å². The Hall–Kier alpha value is -1.98. The number of ether oxygens (including phenoxy) is 2. The fraction of sp³-hybridized carbons (Fsp3) is 0.500. The lowest BCUT2D eigenvalue weighted by molar-refractivity contribution is -0.157. The molecule has 0 aromatic carbocycles. The largest absolute Gasteiger partial charge is 0.465 e. The molecule has 0 spiro atoms. The zero-order chi connectivity index (χ0) is 13.5. The van der Waals surface area contributed by atoms with Crippen LogP contribution in [0.3, 0.4) is 0 Å². The van der Waals surface area contributed by atoms with E-state index in [2.05, 4.69) is 9.97 Å². The molecule has 0 bridgehead atoms. The number of nitrogens with zero attached hydrogens (tertiary/aromatic N) is 2. The summed E-state index contributed by atoms with van der Waals surface area (Å²) >= 11 is 0. The van der Waals surface area contributed by atoms with Crippen LogP contribution in [0.25, 0.3) is 0 Å². The van der Waals surface area contributed by atoms with Gasteiger partial charge in [-0.05, 0) is 20.8 Å². The number of carbonyl (C=O) groups excluding carboxylic acids is 2. The molecule has 1 aromatic rings. The summed E-state index contributed by atoms with van der Waals surface area (Å²) in [6, 6.07) is 0. The van der Waals surface area contributed by atoms with Gasteiger partial charge in [-0.2, -0.15) is 0 Å². The average Bonchev–Trinajstić information content (AvgIpc) is 2.30. The molecule has 6 heteroatoms. The smallest absolute Gasteiger partial charge is 0.326 e. The molecule has 1 rings (SSSR count). The van der Waals surface area contributed by atoms with E-state index >= 15 is 0 Å². The molecule has 0 saturated heterocycles. The van der Waals surface area contributed by atoms with Gasteiger partial charge in [0.2, 0.25) is 0 Å². The van der Waals surface area contributed by atoms with Crippen molar-refractivity contribution in [2.75, 3.05) is 13.2 Å². The summed E-state index contributed by atoms with van der Waals surface area (Å²) in [5, 5.41) is 0. The highest BCUT2D eigenvalue weighted by Crippen LogP contribution is 2.17. The fourth-order valence-electron chi connectivity index (χ4n) is 1.41. The average molecular weight is 252 g/mol. The Morgan fingerprint density at radius 3 is 2.17 bits per heavy atom. The van der Waals surface area contributed by atoms with E-state index < -0.39 is 17.9 Å². The summed E-state index contributed by atoms with van der Waals surface area (Å²) < 4.78 is 9.72. The highest BCUT2D eigenvalue weighted by atomic mass is 16.6. The van der Waals surface area contributed by atoms with E-state index in [4.69, 9.17) is 9.47 Å². The molecule has 0 aliphatic rings. The molecule has 1 aromatic heterocycles. The first-order chi connectivity index (χ1) is 8.60. The van der Waals surface area contributed by atoms with Gasteiger partial charge >= 0.3 is 11.9 Å². The maximum atomic E-state index is 11.8. The molecule has 0 radical (unpaired) electrons. The van der Waals surface area contributed by atoms with Gasteiger partial charge in [0.05, 0.1) is 24.6 Å². The second kappa shape index (κ2) is 6.68. The van der Waals surface area contributed by atoms with Gasteiger partial charge in [0.1, 0.15) is 0 Å². The van der Waals surface area contributed by atoms with Gasteiger partial charge in [-0.1, -0.05) is 0 Å². The van der Waals surface area contributed by atoms with Crippen molar-refractivity contribution in [3.05, 3.63) is 23.8 Å². The van der Waals surface area contributed by atoms with Crippen LogP contribution < -0.4 is 0 Å². The van der Waals surface area contributed by atoms with E-state index in [0.717, 1.165) is 0 Å². The summed E-state index contributed by atoms with van der Waals surface area (Å²) in [5.41, 5.74) is 0.859. The molecular weight excluding hydrogens is 236 g/mol. The lowest BCUT2D eigenvalue weighted by Gasteiger charge is -2.13. The number of esters is 2. The quantitative estimate of drug-likeness (QED) is 0.574. The molecule has 0 unspecified atom stereocenters. The third kappa shape index (κ3) is 3.51. The monoisotopic (exact) mass is 252 g/mol. The Balaban J connectivity index is 3.03. The van der Waals surface area contributed by atoms with E-state index in [-0.39, 0.29) is 18.9 Å². The molecule has 0 saturated carbocycles. The van der Waals surface area contributed by atoms with Crippen LogP contribution in [0.1, 0.15) is 31.2 Å². The summed E-state index contributed by atoms with van der Waals surface area (Å²) in [6.45, 7) is 5.44. The first-order valence-electron chi connectivity index (χ1n) is 5.72. The fourth-order valence-corrected chi connectivity index (χ4v) is 1.41. The number of hydrogen-bond acceptors (Lipinski definition) is 6. The summed E-state index contributed by atoms with van der Waals surface area (Å²) in [7, 11) is 0. The molecule has 0 fully saturated rings. The van der Waals surface area contributed by atoms with Crippen LogP contribution in [0.15, 0.2) is 12.4 Å². The van der Waals surface area contributed by atoms with Crippen molar-refractivity contribution in [1.29, 1.82) is 0 Å². The molecule has 0 N–H and O–H groups in total. The number of aromatic nitrogens is 2. The Bertz CT molecular complexity index is 416. The van der Waals surface area contributed by atoms with Crippen LogP contribution in [-0.4, -0.2) is 35.1 Å². The van der Waals surface area contributed by atoms with Crippen LogP contribution >= 0.6 is 0 Å². The van der Waals surface area contributed by atoms with E-state index in [1.807, 2.05) is 0 Å². The van der Waals surface area contributed by atoms with Gasteiger partial charge in [0, 0.05) is 12.4 Å². The topological polar surface area (TPSA) is 78.4 Å². The molecule has 1 heterocycles. The lowest BCUT2D eigenvalue weighted by Crippen LogP contribution is -2.27. The predicted molar refractivity (Wildman–Crippen MR) is 62.8 cm³/mol. The van der Waals surface area contributed by atoms with Crippen LogP contribution in [0.5, 0.6) is 0 Å². The lowest BCUT2D eigenvalue weighted by atomic mass is 10.1. The van der Waals surface area contributed by atoms with Gasteiger partial charge in [-0.3, -0.25) is 19.6 Å². The van der Waals surface area contributed by atoms with Crippen LogP contribution in [-0.2, 0) is 19.1 Å². The highest BCUT2D eigenvalue weighted by Gasteiger charge is 2.33. The molecular formula is C12H16N2O4.